The number of carbonyl (C=O) groups excluding carboxylic acids is 1. The molecule has 0 bridgehead atoms. The van der Waals surface area contributed by atoms with Gasteiger partial charge in [0.15, 0.2) is 0 Å². The highest BCUT2D eigenvalue weighted by molar-refractivity contribution is 6.06. The molecule has 8 nitrogen and oxygen atoms in total. The highest BCUT2D eigenvalue weighted by Crippen LogP contribution is 2.29. The molecule has 4 N–H and O–H groups in total. The quantitative estimate of drug-likeness (QED) is 0.358. The summed E-state index contributed by atoms with van der Waals surface area (Å²) in [7, 11) is 1.93. The zero-order valence-electron chi connectivity index (χ0n) is 18.2. The van der Waals surface area contributed by atoms with Crippen molar-refractivity contribution in [2.45, 2.75) is 20.0 Å². The summed E-state index contributed by atoms with van der Waals surface area (Å²) in [6.07, 6.45) is -0.558. The van der Waals surface area contributed by atoms with E-state index in [-0.39, 0.29) is 19.2 Å². The summed E-state index contributed by atoms with van der Waals surface area (Å²) >= 11 is 0. The van der Waals surface area contributed by atoms with Gasteiger partial charge in [0.05, 0.1) is 18.8 Å². The number of nitrogens with one attached hydrogen (secondary N) is 2. The number of carbonyl (C=O) groups is 1. The fourth-order valence-electron chi connectivity index (χ4n) is 4.26. The van der Waals surface area contributed by atoms with Crippen molar-refractivity contribution in [1.29, 1.82) is 0 Å². The Morgan fingerprint density at radius 1 is 1.23 bits per heavy atom. The molecule has 0 amide bonds. The summed E-state index contributed by atoms with van der Waals surface area (Å²) in [5, 5.41) is 20.3. The van der Waals surface area contributed by atoms with E-state index in [1.165, 1.54) is 9.80 Å². The second kappa shape index (κ2) is 10.3. The fraction of sp³-hybridized carbons (Fsp3) is 0.591. The van der Waals surface area contributed by atoms with E-state index < -0.39 is 6.10 Å². The van der Waals surface area contributed by atoms with Gasteiger partial charge in [0, 0.05) is 23.6 Å². The molecule has 1 unspecified atom stereocenters. The number of rotatable bonds is 9. The van der Waals surface area contributed by atoms with Gasteiger partial charge < -0.3 is 34.1 Å². The Labute approximate surface area is 177 Å². The van der Waals surface area contributed by atoms with Crippen LogP contribution in [0.1, 0.15) is 23.0 Å². The van der Waals surface area contributed by atoms with E-state index in [0.717, 1.165) is 49.3 Å². The average Bonchev–Trinajstić information content (AvgIpc) is 2.98. The van der Waals surface area contributed by atoms with Gasteiger partial charge >= 0.3 is 5.97 Å². The number of aryl methyl sites for hydroxylation is 1. The topological polar surface area (TPSA) is 89.8 Å². The molecule has 2 heterocycles. The lowest BCUT2D eigenvalue weighted by atomic mass is 10.1. The van der Waals surface area contributed by atoms with Gasteiger partial charge in [-0.05, 0) is 32.0 Å². The normalized spacial score (nSPS) is 20.3. The molecule has 1 aliphatic heterocycles. The van der Waals surface area contributed by atoms with Crippen LogP contribution in [0.25, 0.3) is 10.9 Å². The molecule has 1 saturated heterocycles. The molecule has 0 aliphatic carbocycles. The van der Waals surface area contributed by atoms with Gasteiger partial charge in [-0.15, -0.1) is 0 Å². The fourth-order valence-corrected chi connectivity index (χ4v) is 4.26. The van der Waals surface area contributed by atoms with Gasteiger partial charge in [-0.2, -0.15) is 0 Å². The van der Waals surface area contributed by atoms with E-state index in [9.17, 15) is 9.90 Å². The van der Waals surface area contributed by atoms with Crippen LogP contribution in [-0.2, 0) is 11.8 Å². The van der Waals surface area contributed by atoms with Crippen LogP contribution < -0.4 is 14.5 Å². The minimum Gasteiger partial charge on any atom is -0.491 e. The average molecular weight is 422 g/mol. The van der Waals surface area contributed by atoms with E-state index in [4.69, 9.17) is 14.6 Å². The maximum Gasteiger partial charge on any atom is 0.340 e. The molecule has 2 aromatic rings. The van der Waals surface area contributed by atoms with Gasteiger partial charge in [0.2, 0.25) is 0 Å². The first kappa shape index (κ1) is 22.6. The maximum absolute atomic E-state index is 12.4. The van der Waals surface area contributed by atoms with Crippen LogP contribution in [0.15, 0.2) is 18.2 Å². The summed E-state index contributed by atoms with van der Waals surface area (Å²) in [5.41, 5.74) is 2.36. The Morgan fingerprint density at radius 2 is 1.93 bits per heavy atom. The zero-order valence-corrected chi connectivity index (χ0v) is 18.2. The molecular formula is C22H35N3O5+2. The van der Waals surface area contributed by atoms with Crippen molar-refractivity contribution in [1.82, 2.24) is 4.57 Å². The number of aliphatic hydroxyl groups is 2. The zero-order chi connectivity index (χ0) is 21.7. The number of benzene rings is 1. The Bertz CT molecular complexity index is 858. The molecule has 166 valence electrons. The molecule has 0 spiro atoms. The number of aromatic nitrogens is 1. The number of quaternary nitrogens is 2. The number of nitrogens with zero attached hydrogens (tertiary/aromatic N) is 1. The molecule has 1 aromatic carbocycles. The third-order valence-corrected chi connectivity index (χ3v) is 6.04. The highest BCUT2D eigenvalue weighted by Gasteiger charge is 2.25. The summed E-state index contributed by atoms with van der Waals surface area (Å²) in [4.78, 5) is 15.2. The number of aliphatic hydroxyl groups excluding tert-OH is 2. The van der Waals surface area contributed by atoms with E-state index in [2.05, 4.69) is 0 Å². The summed E-state index contributed by atoms with van der Waals surface area (Å²) < 4.78 is 13.1. The standard InChI is InChI=1S/C22H33N3O5/c1-4-29-22(28)21-16(2)23(3)20-6-5-18(13-19(20)21)30-15-17(27)14-25-9-7-24(8-10-25)11-12-26/h5-6,13,17,26-27H,4,7-12,14-15H2,1-3H3/p+2. The van der Waals surface area contributed by atoms with Crippen molar-refractivity contribution >= 4 is 16.9 Å². The summed E-state index contributed by atoms with van der Waals surface area (Å²) in [5.74, 6) is 0.300. The Morgan fingerprint density at radius 3 is 2.60 bits per heavy atom. The van der Waals surface area contributed by atoms with Crippen LogP contribution in [0.5, 0.6) is 5.75 Å². The third-order valence-electron chi connectivity index (χ3n) is 6.04. The third kappa shape index (κ3) is 5.13. The van der Waals surface area contributed by atoms with Crippen LogP contribution in [-0.4, -0.2) is 85.9 Å². The van der Waals surface area contributed by atoms with Crippen LogP contribution in [0, 0.1) is 6.92 Å². The molecule has 1 aromatic heterocycles. The van der Waals surface area contributed by atoms with Crippen molar-refractivity contribution < 1.29 is 34.3 Å². The summed E-state index contributed by atoms with van der Waals surface area (Å²) in [6.45, 7) is 9.93. The van der Waals surface area contributed by atoms with Crippen LogP contribution >= 0.6 is 0 Å². The SMILES string of the molecule is CCOC(=O)c1c(C)n(C)c2ccc(OCC(O)C[NH+]3CC[NH+](CCO)CC3)cc12. The minimum atomic E-state index is -0.558. The van der Waals surface area contributed by atoms with E-state index in [1.807, 2.05) is 36.7 Å². The van der Waals surface area contributed by atoms with Crippen LogP contribution in [0.3, 0.4) is 0 Å². The maximum atomic E-state index is 12.4. The van der Waals surface area contributed by atoms with Gasteiger partial charge in [0.25, 0.3) is 0 Å². The van der Waals surface area contributed by atoms with Gasteiger partial charge in [-0.1, -0.05) is 0 Å². The smallest absolute Gasteiger partial charge is 0.340 e. The monoisotopic (exact) mass is 421 g/mol. The summed E-state index contributed by atoms with van der Waals surface area (Å²) in [6, 6.07) is 5.65. The predicted octanol–water partition coefficient (Wildman–Crippen LogP) is -1.82. The largest absolute Gasteiger partial charge is 0.491 e. The van der Waals surface area contributed by atoms with Crippen molar-refractivity contribution in [2.75, 3.05) is 59.1 Å². The molecule has 1 aliphatic rings. The number of hydrogen-bond acceptors (Lipinski definition) is 5. The molecule has 0 saturated carbocycles. The molecule has 8 heteroatoms. The minimum absolute atomic E-state index is 0.211. The molecule has 1 atom stereocenters. The van der Waals surface area contributed by atoms with E-state index in [0.29, 0.717) is 24.5 Å². The molecule has 1 fully saturated rings. The lowest BCUT2D eigenvalue weighted by molar-refractivity contribution is -1.01. The highest BCUT2D eigenvalue weighted by atomic mass is 16.5. The van der Waals surface area contributed by atoms with E-state index >= 15 is 0 Å². The Kier molecular flexibility index (Phi) is 7.71. The number of fused-ring (bicyclic) bond motifs is 1. The molecule has 30 heavy (non-hydrogen) atoms. The van der Waals surface area contributed by atoms with Gasteiger partial charge in [-0.3, -0.25) is 0 Å². The molecular weight excluding hydrogens is 386 g/mol. The van der Waals surface area contributed by atoms with Gasteiger partial charge in [0.1, 0.15) is 57.7 Å². The van der Waals surface area contributed by atoms with Gasteiger partial charge in [-0.25, -0.2) is 4.79 Å². The number of piperazine rings is 1. The number of esters is 1. The number of ether oxygens (including phenoxy) is 2. The second-order valence-electron chi connectivity index (χ2n) is 8.06. The van der Waals surface area contributed by atoms with Crippen molar-refractivity contribution in [3.63, 3.8) is 0 Å². The lowest BCUT2D eigenvalue weighted by Crippen LogP contribution is -3.28. The Hall–Kier alpha value is -2.13. The molecule has 3 rings (SSSR count). The Balaban J connectivity index is 1.61. The first-order chi connectivity index (χ1) is 14.4. The lowest BCUT2D eigenvalue weighted by Gasteiger charge is -2.30. The van der Waals surface area contributed by atoms with Crippen LogP contribution in [0.4, 0.5) is 0 Å². The molecule has 0 radical (unpaired) electrons. The van der Waals surface area contributed by atoms with E-state index in [1.54, 1.807) is 6.92 Å². The second-order valence-corrected chi connectivity index (χ2v) is 8.06. The first-order valence-corrected chi connectivity index (χ1v) is 10.8. The first-order valence-electron chi connectivity index (χ1n) is 10.8. The van der Waals surface area contributed by atoms with Crippen molar-refractivity contribution in [3.05, 3.63) is 29.5 Å². The van der Waals surface area contributed by atoms with Crippen LogP contribution in [0.2, 0.25) is 0 Å². The number of hydrogen-bond donors (Lipinski definition) is 4. The van der Waals surface area contributed by atoms with Crippen molar-refractivity contribution in [3.8, 4) is 5.75 Å². The van der Waals surface area contributed by atoms with Crippen molar-refractivity contribution in [2.24, 2.45) is 7.05 Å². The predicted molar refractivity (Wildman–Crippen MR) is 113 cm³/mol.